The van der Waals surface area contributed by atoms with Crippen LogP contribution in [0.25, 0.3) is 0 Å². The summed E-state index contributed by atoms with van der Waals surface area (Å²) in [6.07, 6.45) is 4.39. The van der Waals surface area contributed by atoms with Crippen LogP contribution in [0.2, 0.25) is 0 Å². The molecule has 0 aliphatic carbocycles. The van der Waals surface area contributed by atoms with E-state index in [4.69, 9.17) is 4.74 Å². The van der Waals surface area contributed by atoms with E-state index in [-0.39, 0.29) is 0 Å². The number of aromatic nitrogens is 1. The Morgan fingerprint density at radius 1 is 1.15 bits per heavy atom. The van der Waals surface area contributed by atoms with Crippen molar-refractivity contribution in [2.45, 2.75) is 19.4 Å². The van der Waals surface area contributed by atoms with Gasteiger partial charge in [-0.05, 0) is 42.7 Å². The largest absolute Gasteiger partial charge is 0.492 e. The lowest BCUT2D eigenvalue weighted by Crippen LogP contribution is -2.38. The maximum Gasteiger partial charge on any atom is 0.191 e. The Kier molecular flexibility index (Phi) is 6.70. The van der Waals surface area contributed by atoms with Gasteiger partial charge in [0.15, 0.2) is 5.96 Å². The normalized spacial score (nSPS) is 14.3. The predicted octanol–water partition coefficient (Wildman–Crippen LogP) is 2.43. The third-order valence-electron chi connectivity index (χ3n) is 4.33. The first-order valence-corrected chi connectivity index (χ1v) is 9.17. The summed E-state index contributed by atoms with van der Waals surface area (Å²) < 4.78 is 5.68. The number of anilines is 1. The molecule has 0 bridgehead atoms. The van der Waals surface area contributed by atoms with Crippen molar-refractivity contribution in [2.24, 2.45) is 4.99 Å². The molecule has 0 amide bonds. The molecule has 0 radical (unpaired) electrons. The molecule has 0 atom stereocenters. The van der Waals surface area contributed by atoms with Gasteiger partial charge in [0.2, 0.25) is 0 Å². The molecule has 1 aromatic carbocycles. The molecule has 2 aromatic rings. The Morgan fingerprint density at radius 3 is 2.73 bits per heavy atom. The maximum atomic E-state index is 5.68. The van der Waals surface area contributed by atoms with Crippen molar-refractivity contribution >= 4 is 11.8 Å². The second-order valence-corrected chi connectivity index (χ2v) is 6.23. The molecule has 138 valence electrons. The molecular weight excluding hydrogens is 326 g/mol. The van der Waals surface area contributed by atoms with Crippen LogP contribution in [-0.4, -0.2) is 44.2 Å². The average molecular weight is 353 g/mol. The first-order chi connectivity index (χ1) is 12.8. The number of guanidine groups is 1. The van der Waals surface area contributed by atoms with Gasteiger partial charge in [0.25, 0.3) is 0 Å². The predicted molar refractivity (Wildman–Crippen MR) is 106 cm³/mol. The van der Waals surface area contributed by atoms with E-state index in [1.807, 2.05) is 42.6 Å². The van der Waals surface area contributed by atoms with Gasteiger partial charge in [0.1, 0.15) is 18.2 Å². The molecule has 3 rings (SSSR count). The van der Waals surface area contributed by atoms with Gasteiger partial charge < -0.3 is 20.3 Å². The Labute approximate surface area is 155 Å². The number of hydrogen-bond acceptors (Lipinski definition) is 4. The van der Waals surface area contributed by atoms with E-state index in [0.29, 0.717) is 19.7 Å². The van der Waals surface area contributed by atoms with Crippen LogP contribution < -0.4 is 20.3 Å². The van der Waals surface area contributed by atoms with E-state index in [1.165, 1.54) is 18.4 Å². The minimum absolute atomic E-state index is 0.582. The Balaban J connectivity index is 1.41. The number of nitrogens with zero attached hydrogens (tertiary/aromatic N) is 3. The third kappa shape index (κ3) is 5.37. The molecule has 1 aromatic heterocycles. The van der Waals surface area contributed by atoms with E-state index in [2.05, 4.69) is 31.6 Å². The lowest BCUT2D eigenvalue weighted by Gasteiger charge is -2.17. The highest BCUT2D eigenvalue weighted by Crippen LogP contribution is 2.18. The molecule has 0 unspecified atom stereocenters. The first-order valence-electron chi connectivity index (χ1n) is 9.17. The molecule has 1 aliphatic rings. The summed E-state index contributed by atoms with van der Waals surface area (Å²) in [6, 6.07) is 14.0. The van der Waals surface area contributed by atoms with Gasteiger partial charge in [-0.1, -0.05) is 18.2 Å². The molecule has 0 spiro atoms. The van der Waals surface area contributed by atoms with E-state index < -0.39 is 0 Å². The number of ether oxygens (including phenoxy) is 1. The van der Waals surface area contributed by atoms with Crippen LogP contribution >= 0.6 is 0 Å². The number of pyridine rings is 1. The highest BCUT2D eigenvalue weighted by atomic mass is 16.5. The highest BCUT2D eigenvalue weighted by molar-refractivity contribution is 5.79. The van der Waals surface area contributed by atoms with Gasteiger partial charge in [-0.2, -0.15) is 0 Å². The van der Waals surface area contributed by atoms with Crippen molar-refractivity contribution in [2.75, 3.05) is 38.2 Å². The van der Waals surface area contributed by atoms with Crippen molar-refractivity contribution in [3.63, 3.8) is 0 Å². The molecule has 1 aliphatic heterocycles. The second-order valence-electron chi connectivity index (χ2n) is 6.23. The third-order valence-corrected chi connectivity index (χ3v) is 4.33. The number of hydrogen-bond donors (Lipinski definition) is 2. The van der Waals surface area contributed by atoms with Crippen LogP contribution in [0.15, 0.2) is 53.7 Å². The highest BCUT2D eigenvalue weighted by Gasteiger charge is 2.13. The SMILES string of the molecule is CN=C(NCCOc1ccccc1)NCc1ccnc(N2CCCC2)c1. The topological polar surface area (TPSA) is 61.8 Å². The minimum atomic E-state index is 0.582. The number of aliphatic imine (C=N–C) groups is 1. The van der Waals surface area contributed by atoms with Crippen molar-refractivity contribution in [3.8, 4) is 5.75 Å². The Hall–Kier alpha value is -2.76. The molecule has 0 saturated carbocycles. The molecule has 6 heteroatoms. The molecule has 2 N–H and O–H groups in total. The standard InChI is InChI=1S/C20H27N5O/c1-21-20(23-11-14-26-18-7-3-2-4-8-18)24-16-17-9-10-22-19(15-17)25-12-5-6-13-25/h2-4,7-10,15H,5-6,11-14,16H2,1H3,(H2,21,23,24). The van der Waals surface area contributed by atoms with Gasteiger partial charge in [0, 0.05) is 32.9 Å². The van der Waals surface area contributed by atoms with E-state index in [0.717, 1.165) is 30.6 Å². The number of para-hydroxylation sites is 1. The van der Waals surface area contributed by atoms with Crippen molar-refractivity contribution < 1.29 is 4.74 Å². The van der Waals surface area contributed by atoms with Gasteiger partial charge in [-0.3, -0.25) is 4.99 Å². The van der Waals surface area contributed by atoms with Crippen LogP contribution in [-0.2, 0) is 6.54 Å². The number of benzene rings is 1. The van der Waals surface area contributed by atoms with Crippen LogP contribution in [0.4, 0.5) is 5.82 Å². The molecule has 1 saturated heterocycles. The number of nitrogens with one attached hydrogen (secondary N) is 2. The molecular formula is C20H27N5O. The van der Waals surface area contributed by atoms with Crippen molar-refractivity contribution in [1.29, 1.82) is 0 Å². The lowest BCUT2D eigenvalue weighted by atomic mass is 10.2. The molecule has 6 nitrogen and oxygen atoms in total. The summed E-state index contributed by atoms with van der Waals surface area (Å²) in [6.45, 7) is 4.19. The molecule has 26 heavy (non-hydrogen) atoms. The van der Waals surface area contributed by atoms with E-state index in [1.54, 1.807) is 7.05 Å². The smallest absolute Gasteiger partial charge is 0.191 e. The van der Waals surface area contributed by atoms with Crippen molar-refractivity contribution in [3.05, 3.63) is 54.2 Å². The minimum Gasteiger partial charge on any atom is -0.492 e. The summed E-state index contributed by atoms with van der Waals surface area (Å²) in [5, 5.41) is 6.61. The van der Waals surface area contributed by atoms with Crippen molar-refractivity contribution in [1.82, 2.24) is 15.6 Å². The average Bonchev–Trinajstić information content (AvgIpc) is 3.23. The summed E-state index contributed by atoms with van der Waals surface area (Å²) in [4.78, 5) is 11.1. The zero-order chi connectivity index (χ0) is 18.0. The van der Waals surface area contributed by atoms with Crippen LogP contribution in [0.3, 0.4) is 0 Å². The maximum absolute atomic E-state index is 5.68. The van der Waals surface area contributed by atoms with Gasteiger partial charge in [0.05, 0.1) is 6.54 Å². The zero-order valence-corrected chi connectivity index (χ0v) is 15.3. The quantitative estimate of drug-likeness (QED) is 0.455. The monoisotopic (exact) mass is 353 g/mol. The summed E-state index contributed by atoms with van der Waals surface area (Å²) in [5.41, 5.74) is 1.20. The van der Waals surface area contributed by atoms with Crippen LogP contribution in [0.5, 0.6) is 5.75 Å². The van der Waals surface area contributed by atoms with Gasteiger partial charge in [-0.15, -0.1) is 0 Å². The van der Waals surface area contributed by atoms with E-state index in [9.17, 15) is 0 Å². The van der Waals surface area contributed by atoms with Gasteiger partial charge in [-0.25, -0.2) is 4.98 Å². The fourth-order valence-corrected chi connectivity index (χ4v) is 2.95. The lowest BCUT2D eigenvalue weighted by molar-refractivity contribution is 0.322. The fraction of sp³-hybridized carbons (Fsp3) is 0.400. The van der Waals surface area contributed by atoms with E-state index >= 15 is 0 Å². The summed E-state index contributed by atoms with van der Waals surface area (Å²) in [7, 11) is 1.77. The van der Waals surface area contributed by atoms with Crippen LogP contribution in [0.1, 0.15) is 18.4 Å². The van der Waals surface area contributed by atoms with Gasteiger partial charge >= 0.3 is 0 Å². The Morgan fingerprint density at radius 2 is 1.96 bits per heavy atom. The zero-order valence-electron chi connectivity index (χ0n) is 15.3. The number of rotatable bonds is 7. The first kappa shape index (κ1) is 18.0. The fourth-order valence-electron chi connectivity index (χ4n) is 2.95. The molecule has 2 heterocycles. The van der Waals surface area contributed by atoms with Crippen LogP contribution in [0, 0.1) is 0 Å². The summed E-state index contributed by atoms with van der Waals surface area (Å²) >= 11 is 0. The second kappa shape index (κ2) is 9.65. The molecule has 1 fully saturated rings. The summed E-state index contributed by atoms with van der Waals surface area (Å²) in [5.74, 6) is 2.71. The Bertz CT molecular complexity index is 698.